The number of piperidine rings is 1. The summed E-state index contributed by atoms with van der Waals surface area (Å²) in [6.45, 7) is 2.19. The molecule has 0 radical (unpaired) electrons. The number of ether oxygens (including phenoxy) is 1. The molecule has 2 amide bonds. The zero-order valence-electron chi connectivity index (χ0n) is 29.2. The average Bonchev–Trinajstić information content (AvgIpc) is 3.87. The molecular formula is C40H39Cl2N7O4. The highest BCUT2D eigenvalue weighted by atomic mass is 35.5. The standard InChI is InChI=1S/C40H39Cl2N7O4/c1-53-38-25(18-43-21-27-9-11-34(50)46-27)8-10-32(47-38)31-7-3-6-30(36(31)42)29-5-2-4-28(35(29)41)23-13-15-49-33(16-23)45-20-26(39(49)52)19-44-22-40-14-12-24(17-40)37(51)48-40/h2-8,10,13,15-16,20,24,27,43-44H,9,11-12,14,17-19,21-22H2,1H3,(H,46,50)(H,48,51)/t24?,27-,40?/m1/s1. The number of carbonyl (C=O) groups is 2. The Kier molecular flexibility index (Phi) is 9.67. The zero-order chi connectivity index (χ0) is 36.7. The number of rotatable bonds is 12. The highest BCUT2D eigenvalue weighted by Gasteiger charge is 2.49. The number of aromatic nitrogens is 3. The van der Waals surface area contributed by atoms with E-state index in [2.05, 4.69) is 26.3 Å². The number of carbonyl (C=O) groups excluding carboxylic acids is 2. The lowest BCUT2D eigenvalue weighted by atomic mass is 9.97. The number of hydrogen-bond donors (Lipinski definition) is 4. The van der Waals surface area contributed by atoms with Crippen LogP contribution >= 0.6 is 23.2 Å². The molecule has 3 aliphatic rings. The van der Waals surface area contributed by atoms with Crippen molar-refractivity contribution in [2.75, 3.05) is 20.2 Å². The summed E-state index contributed by atoms with van der Waals surface area (Å²) in [7, 11) is 1.59. The fraction of sp³-hybridized carbons (Fsp3) is 0.325. The van der Waals surface area contributed by atoms with E-state index >= 15 is 0 Å². The van der Waals surface area contributed by atoms with Crippen molar-refractivity contribution in [3.63, 3.8) is 0 Å². The largest absolute Gasteiger partial charge is 0.481 e. The Morgan fingerprint density at radius 2 is 1.68 bits per heavy atom. The number of halogens is 2. The molecule has 3 fully saturated rings. The van der Waals surface area contributed by atoms with E-state index in [-0.39, 0.29) is 34.9 Å². The molecule has 3 aromatic heterocycles. The summed E-state index contributed by atoms with van der Waals surface area (Å²) in [4.78, 5) is 46.4. The molecule has 2 saturated heterocycles. The average molecular weight is 753 g/mol. The minimum Gasteiger partial charge on any atom is -0.481 e. The Labute approximate surface area is 316 Å². The van der Waals surface area contributed by atoms with Crippen molar-refractivity contribution in [1.29, 1.82) is 0 Å². The van der Waals surface area contributed by atoms with Crippen molar-refractivity contribution in [3.8, 4) is 39.4 Å². The monoisotopic (exact) mass is 751 g/mol. The van der Waals surface area contributed by atoms with Crippen molar-refractivity contribution in [3.05, 3.63) is 105 Å². The van der Waals surface area contributed by atoms with Gasteiger partial charge in [0.1, 0.15) is 5.65 Å². The van der Waals surface area contributed by atoms with Crippen molar-refractivity contribution >= 4 is 40.7 Å². The summed E-state index contributed by atoms with van der Waals surface area (Å²) in [6.07, 6.45) is 7.46. The molecule has 4 N–H and O–H groups in total. The van der Waals surface area contributed by atoms with Gasteiger partial charge in [0, 0.05) is 90.3 Å². The van der Waals surface area contributed by atoms with Gasteiger partial charge in [0.25, 0.3) is 5.56 Å². The van der Waals surface area contributed by atoms with Crippen molar-refractivity contribution in [2.45, 2.75) is 56.8 Å². The molecular weight excluding hydrogens is 713 g/mol. The molecule has 272 valence electrons. The van der Waals surface area contributed by atoms with Gasteiger partial charge in [-0.15, -0.1) is 0 Å². The predicted molar refractivity (Wildman–Crippen MR) is 205 cm³/mol. The van der Waals surface area contributed by atoms with Gasteiger partial charge in [-0.2, -0.15) is 0 Å². The van der Waals surface area contributed by atoms with Crippen LogP contribution in [0.4, 0.5) is 0 Å². The second-order valence-electron chi connectivity index (χ2n) is 14.2. The lowest BCUT2D eigenvalue weighted by Crippen LogP contribution is -2.50. The van der Waals surface area contributed by atoms with Gasteiger partial charge in [0.2, 0.25) is 17.7 Å². The number of nitrogens with one attached hydrogen (secondary N) is 4. The van der Waals surface area contributed by atoms with E-state index in [0.29, 0.717) is 65.4 Å². The molecule has 53 heavy (non-hydrogen) atoms. The number of pyridine rings is 2. The SMILES string of the molecule is COc1nc(-c2cccc(-c3cccc(-c4ccn5c(=O)c(CNCC67CCC(C6)C(=O)N7)cnc5c4)c3Cl)c2Cl)ccc1CNC[C@H]1CCC(=O)N1. The number of benzene rings is 2. The van der Waals surface area contributed by atoms with Gasteiger partial charge in [0.05, 0.1) is 28.4 Å². The molecule has 2 bridgehead atoms. The lowest BCUT2D eigenvalue weighted by molar-refractivity contribution is -0.124. The van der Waals surface area contributed by atoms with E-state index in [4.69, 9.17) is 32.9 Å². The highest BCUT2D eigenvalue weighted by molar-refractivity contribution is 6.39. The smallest absolute Gasteiger partial charge is 0.262 e. The molecule has 1 saturated carbocycles. The molecule has 11 nitrogen and oxygen atoms in total. The van der Waals surface area contributed by atoms with E-state index in [1.807, 2.05) is 60.7 Å². The molecule has 5 aromatic rings. The Bertz CT molecular complexity index is 2310. The molecule has 2 aromatic carbocycles. The van der Waals surface area contributed by atoms with Crippen molar-refractivity contribution in [2.24, 2.45) is 5.92 Å². The molecule has 1 aliphatic carbocycles. The number of methoxy groups -OCH3 is 1. The number of fused-ring (bicyclic) bond motifs is 3. The molecule has 0 spiro atoms. The van der Waals surface area contributed by atoms with E-state index < -0.39 is 0 Å². The van der Waals surface area contributed by atoms with E-state index in [1.165, 1.54) is 4.40 Å². The van der Waals surface area contributed by atoms with Crippen LogP contribution < -0.4 is 31.6 Å². The summed E-state index contributed by atoms with van der Waals surface area (Å²) < 4.78 is 7.19. The highest BCUT2D eigenvalue weighted by Crippen LogP contribution is 2.43. The topological polar surface area (TPSA) is 139 Å². The Morgan fingerprint density at radius 3 is 2.40 bits per heavy atom. The third-order valence-corrected chi connectivity index (χ3v) is 11.5. The molecule has 2 aliphatic heterocycles. The fourth-order valence-corrected chi connectivity index (χ4v) is 8.57. The summed E-state index contributed by atoms with van der Waals surface area (Å²) in [5.74, 6) is 0.844. The Morgan fingerprint density at radius 1 is 0.925 bits per heavy atom. The maximum absolute atomic E-state index is 13.4. The molecule has 3 atom stereocenters. The first-order valence-corrected chi connectivity index (χ1v) is 18.6. The summed E-state index contributed by atoms with van der Waals surface area (Å²) in [5, 5.41) is 13.9. The normalized spacial score (nSPS) is 20.6. The van der Waals surface area contributed by atoms with Crippen molar-refractivity contribution in [1.82, 2.24) is 35.6 Å². The summed E-state index contributed by atoms with van der Waals surface area (Å²) in [6, 6.07) is 19.3. The maximum Gasteiger partial charge on any atom is 0.262 e. The van der Waals surface area contributed by atoms with Gasteiger partial charge < -0.3 is 26.0 Å². The van der Waals surface area contributed by atoms with Crippen LogP contribution in [-0.2, 0) is 22.7 Å². The third-order valence-electron chi connectivity index (χ3n) is 10.7. The Hall–Kier alpha value is -4.81. The first-order valence-electron chi connectivity index (χ1n) is 17.9. The quantitative estimate of drug-likeness (QED) is 0.131. The van der Waals surface area contributed by atoms with Gasteiger partial charge in [-0.25, -0.2) is 9.97 Å². The van der Waals surface area contributed by atoms with Crippen LogP contribution in [0.5, 0.6) is 5.88 Å². The summed E-state index contributed by atoms with van der Waals surface area (Å²) in [5.41, 5.74) is 6.06. The van der Waals surface area contributed by atoms with Crippen LogP contribution in [0.2, 0.25) is 10.0 Å². The number of amides is 2. The molecule has 13 heteroatoms. The van der Waals surface area contributed by atoms with Gasteiger partial charge in [0.15, 0.2) is 0 Å². The Balaban J connectivity index is 1.00. The van der Waals surface area contributed by atoms with Gasteiger partial charge in [-0.3, -0.25) is 18.8 Å². The first kappa shape index (κ1) is 35.2. The van der Waals surface area contributed by atoms with Crippen LogP contribution in [0.1, 0.15) is 43.2 Å². The first-order chi connectivity index (χ1) is 25.7. The van der Waals surface area contributed by atoms with Crippen LogP contribution in [0.15, 0.2) is 77.9 Å². The van der Waals surface area contributed by atoms with Crippen LogP contribution in [-0.4, -0.2) is 58.0 Å². The van der Waals surface area contributed by atoms with Gasteiger partial charge in [-0.1, -0.05) is 65.7 Å². The molecule has 5 heterocycles. The summed E-state index contributed by atoms with van der Waals surface area (Å²) >= 11 is 14.2. The van der Waals surface area contributed by atoms with Gasteiger partial charge in [-0.05, 0) is 49.4 Å². The van der Waals surface area contributed by atoms with Crippen LogP contribution in [0.25, 0.3) is 39.2 Å². The van der Waals surface area contributed by atoms with Crippen LogP contribution in [0, 0.1) is 5.92 Å². The zero-order valence-corrected chi connectivity index (χ0v) is 30.7. The molecule has 2 unspecified atom stereocenters. The minimum atomic E-state index is -0.206. The minimum absolute atomic E-state index is 0.0927. The fourth-order valence-electron chi connectivity index (χ4n) is 7.91. The third kappa shape index (κ3) is 6.90. The van der Waals surface area contributed by atoms with E-state index in [1.54, 1.807) is 19.5 Å². The number of hydrogen-bond acceptors (Lipinski definition) is 8. The maximum atomic E-state index is 13.4. The van der Waals surface area contributed by atoms with Gasteiger partial charge >= 0.3 is 0 Å². The van der Waals surface area contributed by atoms with Crippen molar-refractivity contribution < 1.29 is 14.3 Å². The second-order valence-corrected chi connectivity index (χ2v) is 14.9. The molecule has 8 rings (SSSR count). The van der Waals surface area contributed by atoms with E-state index in [0.717, 1.165) is 59.1 Å². The second kappa shape index (κ2) is 14.5. The van der Waals surface area contributed by atoms with Crippen LogP contribution in [0.3, 0.4) is 0 Å². The lowest BCUT2D eigenvalue weighted by Gasteiger charge is -2.27. The van der Waals surface area contributed by atoms with E-state index in [9.17, 15) is 14.4 Å². The predicted octanol–water partition coefficient (Wildman–Crippen LogP) is 5.53. The number of nitrogens with zero attached hydrogens (tertiary/aromatic N) is 3.